The van der Waals surface area contributed by atoms with Crippen molar-refractivity contribution < 1.29 is 14.3 Å². The van der Waals surface area contributed by atoms with Gasteiger partial charge in [0, 0.05) is 12.8 Å². The van der Waals surface area contributed by atoms with Crippen LogP contribution in [0, 0.1) is 0 Å². The zero-order chi connectivity index (χ0) is 14.3. The summed E-state index contributed by atoms with van der Waals surface area (Å²) in [5.74, 6) is -0.788. The maximum atomic E-state index is 11.3. The molecule has 0 fully saturated rings. The summed E-state index contributed by atoms with van der Waals surface area (Å²) in [5, 5.41) is 0. The number of rotatable bonds is 12. The Hall–Kier alpha value is -1.38. The van der Waals surface area contributed by atoms with Crippen molar-refractivity contribution >= 4 is 11.9 Å². The molecule has 108 valence electrons. The molecule has 3 nitrogen and oxygen atoms in total. The minimum absolute atomic E-state index is 0.333. The fraction of sp³-hybridized carbons (Fsp3) is 0.625. The molecule has 0 unspecified atom stereocenters. The lowest BCUT2D eigenvalue weighted by atomic mass is 10.1. The van der Waals surface area contributed by atoms with E-state index in [0.29, 0.717) is 12.8 Å². The molecule has 0 N–H and O–H groups in total. The number of esters is 2. The topological polar surface area (TPSA) is 43.4 Å². The molecule has 0 bridgehead atoms. The molecule has 0 aliphatic carbocycles. The van der Waals surface area contributed by atoms with E-state index in [1.54, 1.807) is 0 Å². The van der Waals surface area contributed by atoms with Crippen molar-refractivity contribution in [1.82, 2.24) is 0 Å². The van der Waals surface area contributed by atoms with Crippen molar-refractivity contribution in [2.24, 2.45) is 0 Å². The third-order valence-corrected chi connectivity index (χ3v) is 2.81. The minimum atomic E-state index is -0.394. The van der Waals surface area contributed by atoms with Gasteiger partial charge in [-0.2, -0.15) is 0 Å². The van der Waals surface area contributed by atoms with Gasteiger partial charge in [0.1, 0.15) is 0 Å². The molecule has 0 aromatic heterocycles. The second-order valence-corrected chi connectivity index (χ2v) is 4.62. The number of unbranched alkanes of at least 4 members (excludes halogenated alkanes) is 6. The average molecular weight is 266 g/mol. The van der Waals surface area contributed by atoms with E-state index in [1.807, 2.05) is 12.2 Å². The van der Waals surface area contributed by atoms with Crippen LogP contribution in [0.3, 0.4) is 0 Å². The summed E-state index contributed by atoms with van der Waals surface area (Å²) in [4.78, 5) is 22.7. The largest absolute Gasteiger partial charge is 0.393 e. The number of carbonyl (C=O) groups excluding carboxylic acids is 2. The van der Waals surface area contributed by atoms with Gasteiger partial charge in [0.15, 0.2) is 0 Å². The van der Waals surface area contributed by atoms with E-state index in [0.717, 1.165) is 51.4 Å². The van der Waals surface area contributed by atoms with Crippen LogP contribution in [0.15, 0.2) is 25.3 Å². The van der Waals surface area contributed by atoms with Crippen LogP contribution >= 0.6 is 0 Å². The van der Waals surface area contributed by atoms with Gasteiger partial charge in [-0.1, -0.05) is 25.0 Å². The highest BCUT2D eigenvalue weighted by molar-refractivity contribution is 5.85. The van der Waals surface area contributed by atoms with Gasteiger partial charge < -0.3 is 4.74 Å². The summed E-state index contributed by atoms with van der Waals surface area (Å²) in [6, 6.07) is 0. The maximum Gasteiger partial charge on any atom is 0.313 e. The Labute approximate surface area is 116 Å². The Morgan fingerprint density at radius 2 is 1.16 bits per heavy atom. The molecule has 0 amide bonds. The fourth-order valence-electron chi connectivity index (χ4n) is 1.70. The Morgan fingerprint density at radius 3 is 1.53 bits per heavy atom. The van der Waals surface area contributed by atoms with Gasteiger partial charge in [-0.15, -0.1) is 13.2 Å². The summed E-state index contributed by atoms with van der Waals surface area (Å²) < 4.78 is 4.75. The first kappa shape index (κ1) is 17.6. The van der Waals surface area contributed by atoms with E-state index in [-0.39, 0.29) is 0 Å². The van der Waals surface area contributed by atoms with Crippen LogP contribution in [0.5, 0.6) is 0 Å². The molecule has 0 aromatic carbocycles. The Morgan fingerprint density at radius 1 is 0.737 bits per heavy atom. The van der Waals surface area contributed by atoms with Gasteiger partial charge >= 0.3 is 11.9 Å². The van der Waals surface area contributed by atoms with Crippen LogP contribution in [0.1, 0.15) is 64.2 Å². The van der Waals surface area contributed by atoms with E-state index < -0.39 is 11.9 Å². The quantitative estimate of drug-likeness (QED) is 0.228. The average Bonchev–Trinajstić information content (AvgIpc) is 2.38. The van der Waals surface area contributed by atoms with Gasteiger partial charge in [0.05, 0.1) is 0 Å². The molecule has 0 aliphatic rings. The van der Waals surface area contributed by atoms with Gasteiger partial charge in [-0.25, -0.2) is 0 Å². The smallest absolute Gasteiger partial charge is 0.313 e. The van der Waals surface area contributed by atoms with Crippen molar-refractivity contribution in [2.75, 3.05) is 0 Å². The first-order valence-corrected chi connectivity index (χ1v) is 7.16. The van der Waals surface area contributed by atoms with E-state index in [9.17, 15) is 9.59 Å². The number of hydrogen-bond acceptors (Lipinski definition) is 3. The molecule has 3 heteroatoms. The summed E-state index contributed by atoms with van der Waals surface area (Å²) in [5.41, 5.74) is 0. The zero-order valence-electron chi connectivity index (χ0n) is 11.9. The highest BCUT2D eigenvalue weighted by atomic mass is 16.6. The SMILES string of the molecule is C=CCCCCCC(=O)OC(=O)CCCCCC=C. The number of allylic oxidation sites excluding steroid dienone is 2. The molecule has 0 radical (unpaired) electrons. The van der Waals surface area contributed by atoms with Crippen molar-refractivity contribution in [3.8, 4) is 0 Å². The predicted octanol–water partition coefficient (Wildman–Crippen LogP) is 4.33. The Kier molecular flexibility index (Phi) is 12.1. The normalized spacial score (nSPS) is 9.89. The monoisotopic (exact) mass is 266 g/mol. The molecule has 0 saturated carbocycles. The second-order valence-electron chi connectivity index (χ2n) is 4.62. The highest BCUT2D eigenvalue weighted by Gasteiger charge is 2.09. The molecule has 0 aromatic rings. The third-order valence-electron chi connectivity index (χ3n) is 2.81. The standard InChI is InChI=1S/C16H26O3/c1-3-5-7-9-11-13-15(17)19-16(18)14-12-10-8-6-4-2/h3-4H,1-2,5-14H2. The molecule has 19 heavy (non-hydrogen) atoms. The Bertz CT molecular complexity index is 254. The first-order valence-electron chi connectivity index (χ1n) is 7.16. The lowest BCUT2D eigenvalue weighted by Crippen LogP contribution is -2.11. The van der Waals surface area contributed by atoms with Crippen LogP contribution < -0.4 is 0 Å². The van der Waals surface area contributed by atoms with Gasteiger partial charge in [0.2, 0.25) is 0 Å². The number of carbonyl (C=O) groups is 2. The lowest BCUT2D eigenvalue weighted by molar-refractivity contribution is -0.159. The van der Waals surface area contributed by atoms with Crippen molar-refractivity contribution in [3.05, 3.63) is 25.3 Å². The van der Waals surface area contributed by atoms with E-state index in [1.165, 1.54) is 0 Å². The second kappa shape index (κ2) is 13.1. The molecule has 0 aliphatic heterocycles. The van der Waals surface area contributed by atoms with Crippen LogP contribution in [-0.4, -0.2) is 11.9 Å². The van der Waals surface area contributed by atoms with Crippen LogP contribution in [-0.2, 0) is 14.3 Å². The minimum Gasteiger partial charge on any atom is -0.393 e. The lowest BCUT2D eigenvalue weighted by Gasteiger charge is -2.03. The van der Waals surface area contributed by atoms with Crippen molar-refractivity contribution in [2.45, 2.75) is 64.2 Å². The molecule has 0 heterocycles. The molecule has 0 rings (SSSR count). The maximum absolute atomic E-state index is 11.3. The molecule has 0 saturated heterocycles. The van der Waals surface area contributed by atoms with Crippen LogP contribution in [0.2, 0.25) is 0 Å². The summed E-state index contributed by atoms with van der Waals surface area (Å²) in [7, 11) is 0. The zero-order valence-corrected chi connectivity index (χ0v) is 11.9. The summed E-state index contributed by atoms with van der Waals surface area (Å²) in [6.07, 6.45) is 11.9. The van der Waals surface area contributed by atoms with Gasteiger partial charge in [-0.3, -0.25) is 9.59 Å². The number of ether oxygens (including phenoxy) is 1. The first-order chi connectivity index (χ1) is 9.20. The summed E-state index contributed by atoms with van der Waals surface area (Å²) in [6.45, 7) is 7.28. The molecular formula is C16H26O3. The van der Waals surface area contributed by atoms with Gasteiger partial charge in [0.25, 0.3) is 0 Å². The van der Waals surface area contributed by atoms with Crippen LogP contribution in [0.4, 0.5) is 0 Å². The molecule has 0 atom stereocenters. The van der Waals surface area contributed by atoms with E-state index >= 15 is 0 Å². The Balaban J connectivity index is 3.44. The van der Waals surface area contributed by atoms with Crippen molar-refractivity contribution in [3.63, 3.8) is 0 Å². The highest BCUT2D eigenvalue weighted by Crippen LogP contribution is 2.07. The van der Waals surface area contributed by atoms with E-state index in [2.05, 4.69) is 13.2 Å². The predicted molar refractivity (Wildman–Crippen MR) is 77.7 cm³/mol. The van der Waals surface area contributed by atoms with E-state index in [4.69, 9.17) is 4.74 Å². The number of hydrogen-bond donors (Lipinski definition) is 0. The van der Waals surface area contributed by atoms with Crippen molar-refractivity contribution in [1.29, 1.82) is 0 Å². The van der Waals surface area contributed by atoms with Gasteiger partial charge in [-0.05, 0) is 38.5 Å². The van der Waals surface area contributed by atoms with Crippen LogP contribution in [0.25, 0.3) is 0 Å². The fourth-order valence-corrected chi connectivity index (χ4v) is 1.70. The third kappa shape index (κ3) is 12.9. The molecular weight excluding hydrogens is 240 g/mol. The summed E-state index contributed by atoms with van der Waals surface area (Å²) >= 11 is 0. The molecule has 0 spiro atoms.